The normalized spacial score (nSPS) is 15.8. The van der Waals surface area contributed by atoms with Crippen molar-refractivity contribution in [3.63, 3.8) is 0 Å². The smallest absolute Gasteiger partial charge is 0.351 e. The molecule has 15 heavy (non-hydrogen) atoms. The van der Waals surface area contributed by atoms with Crippen LogP contribution in [0.1, 0.15) is 11.1 Å². The van der Waals surface area contributed by atoms with Crippen molar-refractivity contribution in [2.75, 3.05) is 0 Å². The molecule has 0 heterocycles. The van der Waals surface area contributed by atoms with Crippen molar-refractivity contribution < 1.29 is 22.7 Å². The van der Waals surface area contributed by atoms with Gasteiger partial charge in [-0.2, -0.15) is 17.6 Å². The summed E-state index contributed by atoms with van der Waals surface area (Å²) in [6.07, 6.45) is -4.09. The maximum Gasteiger partial charge on any atom is 0.453 e. The Morgan fingerprint density at radius 1 is 1.20 bits per heavy atom. The molecule has 1 unspecified atom stereocenters. The van der Waals surface area contributed by atoms with Gasteiger partial charge in [0.05, 0.1) is 0 Å². The Labute approximate surface area is 83.7 Å². The molecule has 1 nitrogen and oxygen atoms in total. The molecular formula is C10H8F4O. The van der Waals surface area contributed by atoms with Crippen LogP contribution < -0.4 is 0 Å². The predicted molar refractivity (Wildman–Crippen MR) is 47.6 cm³/mol. The molecule has 82 valence electrons. The Hall–Kier alpha value is -1.36. The summed E-state index contributed by atoms with van der Waals surface area (Å²) >= 11 is 0. The number of hydrogen-bond donors (Lipinski definition) is 1. The molecule has 1 N–H and O–H groups in total. The maximum absolute atomic E-state index is 13.0. The topological polar surface area (TPSA) is 20.2 Å². The molecule has 0 aliphatic carbocycles. The summed E-state index contributed by atoms with van der Waals surface area (Å²) < 4.78 is 49.4. The van der Waals surface area contributed by atoms with E-state index in [1.807, 2.05) is 0 Å². The van der Waals surface area contributed by atoms with E-state index in [0.717, 1.165) is 12.1 Å². The lowest BCUT2D eigenvalue weighted by Gasteiger charge is -2.22. The molecule has 0 aromatic heterocycles. The third-order valence-corrected chi connectivity index (χ3v) is 1.88. The molecule has 0 spiro atoms. The van der Waals surface area contributed by atoms with E-state index in [1.165, 1.54) is 18.2 Å². The van der Waals surface area contributed by atoms with Crippen LogP contribution >= 0.6 is 0 Å². The molecule has 1 aromatic rings. The van der Waals surface area contributed by atoms with Gasteiger partial charge in [0.25, 0.3) is 0 Å². The molecule has 0 amide bonds. The van der Waals surface area contributed by atoms with Gasteiger partial charge in [-0.25, -0.2) is 0 Å². The number of alkyl halides is 4. The lowest BCUT2D eigenvalue weighted by atomic mass is 10.0. The Balaban J connectivity index is 3.21. The molecule has 0 radical (unpaired) electrons. The van der Waals surface area contributed by atoms with E-state index < -0.39 is 17.6 Å². The van der Waals surface area contributed by atoms with Gasteiger partial charge in [-0.3, -0.25) is 0 Å². The van der Waals surface area contributed by atoms with Gasteiger partial charge in [0.15, 0.2) is 0 Å². The fourth-order valence-corrected chi connectivity index (χ4v) is 1.04. The fraction of sp³-hybridized carbons (Fsp3) is 0.200. The minimum absolute atomic E-state index is 0.299. The molecule has 1 rings (SSSR count). The van der Waals surface area contributed by atoms with E-state index in [-0.39, 0.29) is 0 Å². The summed E-state index contributed by atoms with van der Waals surface area (Å²) in [7, 11) is 0. The van der Waals surface area contributed by atoms with Crippen molar-refractivity contribution in [1.29, 1.82) is 0 Å². The fourth-order valence-electron chi connectivity index (χ4n) is 1.04. The van der Waals surface area contributed by atoms with Crippen LogP contribution in [0.5, 0.6) is 0 Å². The number of benzene rings is 1. The monoisotopic (exact) mass is 220 g/mol. The Morgan fingerprint density at radius 3 is 2.27 bits per heavy atom. The average molecular weight is 220 g/mol. The zero-order valence-corrected chi connectivity index (χ0v) is 7.55. The highest BCUT2D eigenvalue weighted by Gasteiger charge is 2.56. The Morgan fingerprint density at radius 2 is 1.80 bits per heavy atom. The minimum Gasteiger partial charge on any atom is -0.351 e. The molecule has 0 fully saturated rings. The first-order chi connectivity index (χ1) is 6.79. The number of aliphatic hydroxyl groups is 1. The van der Waals surface area contributed by atoms with Crippen LogP contribution in [-0.2, 0) is 5.85 Å². The molecule has 5 heteroatoms. The highest BCUT2D eigenvalue weighted by Crippen LogP contribution is 2.40. The van der Waals surface area contributed by atoms with Crippen LogP contribution in [-0.4, -0.2) is 11.3 Å². The zero-order valence-electron chi connectivity index (χ0n) is 7.55. The molecule has 0 aliphatic heterocycles. The van der Waals surface area contributed by atoms with Gasteiger partial charge in [0.1, 0.15) is 0 Å². The first-order valence-corrected chi connectivity index (χ1v) is 4.00. The molecule has 0 saturated heterocycles. The third kappa shape index (κ3) is 2.18. The van der Waals surface area contributed by atoms with Crippen LogP contribution in [0.3, 0.4) is 0 Å². The lowest BCUT2D eigenvalue weighted by molar-refractivity contribution is -0.323. The molecule has 1 aromatic carbocycles. The summed E-state index contributed by atoms with van der Waals surface area (Å²) in [6.45, 7) is 3.33. The van der Waals surface area contributed by atoms with Crippen molar-refractivity contribution in [3.8, 4) is 0 Å². The van der Waals surface area contributed by atoms with Crippen LogP contribution in [0.25, 0.3) is 6.08 Å². The van der Waals surface area contributed by atoms with Gasteiger partial charge in [-0.15, -0.1) is 0 Å². The van der Waals surface area contributed by atoms with Crippen LogP contribution in [0, 0.1) is 0 Å². The van der Waals surface area contributed by atoms with E-state index in [4.69, 9.17) is 5.11 Å². The largest absolute Gasteiger partial charge is 0.453 e. The number of hydrogen-bond acceptors (Lipinski definition) is 1. The number of rotatable bonds is 2. The first kappa shape index (κ1) is 11.7. The van der Waals surface area contributed by atoms with E-state index in [0.29, 0.717) is 5.56 Å². The van der Waals surface area contributed by atoms with Gasteiger partial charge < -0.3 is 5.11 Å². The van der Waals surface area contributed by atoms with E-state index in [9.17, 15) is 17.6 Å². The Bertz CT molecular complexity index is 368. The zero-order chi connectivity index (χ0) is 11.7. The van der Waals surface area contributed by atoms with Crippen LogP contribution in [0.15, 0.2) is 30.8 Å². The van der Waals surface area contributed by atoms with Crippen molar-refractivity contribution >= 4 is 6.08 Å². The van der Waals surface area contributed by atoms with E-state index in [1.54, 1.807) is 0 Å². The maximum atomic E-state index is 13.0. The van der Waals surface area contributed by atoms with Crippen molar-refractivity contribution in [2.24, 2.45) is 0 Å². The van der Waals surface area contributed by atoms with E-state index >= 15 is 0 Å². The summed E-state index contributed by atoms with van der Waals surface area (Å²) in [4.78, 5) is 0. The van der Waals surface area contributed by atoms with Gasteiger partial charge >= 0.3 is 12.0 Å². The minimum atomic E-state index is -5.35. The molecule has 1 atom stereocenters. The van der Waals surface area contributed by atoms with Crippen molar-refractivity contribution in [2.45, 2.75) is 12.0 Å². The van der Waals surface area contributed by atoms with Crippen LogP contribution in [0.4, 0.5) is 17.6 Å². The SMILES string of the molecule is C=Cc1cccc(C(O)(F)C(F)(F)F)c1. The van der Waals surface area contributed by atoms with Gasteiger partial charge in [-0.1, -0.05) is 30.9 Å². The van der Waals surface area contributed by atoms with Gasteiger partial charge in [0.2, 0.25) is 0 Å². The average Bonchev–Trinajstić information content (AvgIpc) is 2.16. The van der Waals surface area contributed by atoms with E-state index in [2.05, 4.69) is 6.58 Å². The molecule has 0 aliphatic rings. The summed E-state index contributed by atoms with van der Waals surface area (Å²) in [5, 5.41) is 8.72. The van der Waals surface area contributed by atoms with Crippen molar-refractivity contribution in [1.82, 2.24) is 0 Å². The van der Waals surface area contributed by atoms with Gasteiger partial charge in [0, 0.05) is 5.56 Å². The quantitative estimate of drug-likeness (QED) is 0.759. The predicted octanol–water partition coefficient (Wildman–Crippen LogP) is 3.01. The second-order valence-electron chi connectivity index (χ2n) is 2.95. The first-order valence-electron chi connectivity index (χ1n) is 4.00. The van der Waals surface area contributed by atoms with Crippen molar-refractivity contribution in [3.05, 3.63) is 42.0 Å². The summed E-state index contributed by atoms with van der Waals surface area (Å²) in [5.74, 6) is -4.33. The standard InChI is InChI=1S/C10H8F4O/c1-2-7-4-3-5-8(6-7)9(11,15)10(12,13)14/h2-6,15H,1H2. The molecule has 0 saturated carbocycles. The van der Waals surface area contributed by atoms with Gasteiger partial charge in [-0.05, 0) is 11.6 Å². The molecular weight excluding hydrogens is 212 g/mol. The Kier molecular flexibility index (Phi) is 2.86. The highest BCUT2D eigenvalue weighted by molar-refractivity contribution is 5.48. The summed E-state index contributed by atoms with van der Waals surface area (Å²) in [5.41, 5.74) is -0.555. The third-order valence-electron chi connectivity index (χ3n) is 1.88. The highest BCUT2D eigenvalue weighted by atomic mass is 19.4. The second-order valence-corrected chi connectivity index (χ2v) is 2.95. The number of halogens is 4. The second kappa shape index (κ2) is 3.66. The lowest BCUT2D eigenvalue weighted by Crippen LogP contribution is -2.37. The molecule has 0 bridgehead atoms. The summed E-state index contributed by atoms with van der Waals surface area (Å²) in [6, 6.07) is 4.41. The van der Waals surface area contributed by atoms with Crippen LogP contribution in [0.2, 0.25) is 0 Å².